The number of fused-ring (bicyclic) bond motifs is 1. The Balaban J connectivity index is 1.69. The molecule has 0 saturated carbocycles. The Morgan fingerprint density at radius 3 is 2.58 bits per heavy atom. The number of hydrogen-bond donors (Lipinski definition) is 3. The van der Waals surface area contributed by atoms with Crippen molar-refractivity contribution < 1.29 is 9.59 Å². The summed E-state index contributed by atoms with van der Waals surface area (Å²) in [6, 6.07) is 13.7. The van der Waals surface area contributed by atoms with Crippen LogP contribution in [0.1, 0.15) is 21.5 Å². The SMILES string of the molecule is O=C1NC(=S)N/C1=C\c1cccc(-c2ccc3c(c2)CNC3=O)c1. The van der Waals surface area contributed by atoms with E-state index in [1.807, 2.05) is 42.5 Å². The van der Waals surface area contributed by atoms with Crippen molar-refractivity contribution in [2.75, 3.05) is 0 Å². The Kier molecular flexibility index (Phi) is 3.39. The first-order valence-electron chi connectivity index (χ1n) is 7.46. The molecule has 4 rings (SSSR count). The van der Waals surface area contributed by atoms with Crippen molar-refractivity contribution in [2.24, 2.45) is 0 Å². The summed E-state index contributed by atoms with van der Waals surface area (Å²) in [6.45, 7) is 0.563. The summed E-state index contributed by atoms with van der Waals surface area (Å²) in [5.41, 5.74) is 5.11. The zero-order chi connectivity index (χ0) is 16.7. The van der Waals surface area contributed by atoms with Crippen LogP contribution in [0.25, 0.3) is 17.2 Å². The minimum Gasteiger partial charge on any atom is -0.348 e. The van der Waals surface area contributed by atoms with E-state index in [1.54, 1.807) is 6.08 Å². The molecule has 1 saturated heterocycles. The van der Waals surface area contributed by atoms with Gasteiger partial charge in [-0.15, -0.1) is 0 Å². The molecule has 2 aromatic rings. The van der Waals surface area contributed by atoms with Crippen LogP contribution in [0, 0.1) is 0 Å². The lowest BCUT2D eigenvalue weighted by Gasteiger charge is -2.06. The largest absolute Gasteiger partial charge is 0.348 e. The lowest BCUT2D eigenvalue weighted by molar-refractivity contribution is -0.115. The molecule has 0 aliphatic carbocycles. The zero-order valence-electron chi connectivity index (χ0n) is 12.6. The van der Waals surface area contributed by atoms with Gasteiger partial charge in [0.2, 0.25) is 0 Å². The summed E-state index contributed by atoms with van der Waals surface area (Å²) in [5.74, 6) is -0.253. The molecule has 2 aromatic carbocycles. The highest BCUT2D eigenvalue weighted by molar-refractivity contribution is 7.80. The fourth-order valence-corrected chi connectivity index (χ4v) is 3.07. The molecule has 2 aliphatic heterocycles. The first kappa shape index (κ1) is 14.6. The van der Waals surface area contributed by atoms with Crippen LogP contribution in [0.4, 0.5) is 0 Å². The monoisotopic (exact) mass is 335 g/mol. The predicted octanol–water partition coefficient (Wildman–Crippen LogP) is 1.94. The average Bonchev–Trinajstić information content (AvgIpc) is 3.10. The summed E-state index contributed by atoms with van der Waals surface area (Å²) in [5, 5.41) is 8.51. The van der Waals surface area contributed by atoms with Gasteiger partial charge in [-0.05, 0) is 58.7 Å². The van der Waals surface area contributed by atoms with Crippen molar-refractivity contribution in [2.45, 2.75) is 6.54 Å². The van der Waals surface area contributed by atoms with Gasteiger partial charge in [0.15, 0.2) is 5.11 Å². The van der Waals surface area contributed by atoms with Crippen LogP contribution in [0.2, 0.25) is 0 Å². The van der Waals surface area contributed by atoms with Crippen LogP contribution in [-0.4, -0.2) is 16.9 Å². The molecule has 0 spiro atoms. The van der Waals surface area contributed by atoms with Gasteiger partial charge < -0.3 is 10.6 Å². The van der Waals surface area contributed by atoms with Gasteiger partial charge in [0.05, 0.1) is 0 Å². The van der Waals surface area contributed by atoms with Crippen molar-refractivity contribution >= 4 is 35.2 Å². The molecule has 1 fully saturated rings. The molecule has 24 heavy (non-hydrogen) atoms. The Morgan fingerprint density at radius 2 is 1.79 bits per heavy atom. The number of thiocarbonyl (C=S) groups is 1. The van der Waals surface area contributed by atoms with Gasteiger partial charge >= 0.3 is 0 Å². The third-order valence-corrected chi connectivity index (χ3v) is 4.24. The third kappa shape index (κ3) is 2.57. The number of benzene rings is 2. The number of carbonyl (C=O) groups excluding carboxylic acids is 2. The summed E-state index contributed by atoms with van der Waals surface area (Å²) in [4.78, 5) is 23.4. The van der Waals surface area contributed by atoms with Gasteiger partial charge in [0.25, 0.3) is 11.8 Å². The molecule has 2 amide bonds. The Hall–Kier alpha value is -2.99. The molecule has 118 valence electrons. The van der Waals surface area contributed by atoms with Crippen LogP contribution in [0.3, 0.4) is 0 Å². The van der Waals surface area contributed by atoms with Crippen molar-refractivity contribution in [3.63, 3.8) is 0 Å². The second kappa shape index (κ2) is 5.58. The maximum atomic E-state index is 11.7. The summed E-state index contributed by atoms with van der Waals surface area (Å²) in [7, 11) is 0. The van der Waals surface area contributed by atoms with E-state index in [-0.39, 0.29) is 11.8 Å². The molecular formula is C18H13N3O2S. The van der Waals surface area contributed by atoms with Gasteiger partial charge in [0.1, 0.15) is 5.70 Å². The predicted molar refractivity (Wildman–Crippen MR) is 94.9 cm³/mol. The average molecular weight is 335 g/mol. The second-order valence-electron chi connectivity index (χ2n) is 5.65. The molecule has 0 aromatic heterocycles. The minimum absolute atomic E-state index is 0.0238. The fourth-order valence-electron chi connectivity index (χ4n) is 2.87. The van der Waals surface area contributed by atoms with Crippen LogP contribution in [-0.2, 0) is 11.3 Å². The number of carbonyl (C=O) groups is 2. The Bertz CT molecular complexity index is 934. The van der Waals surface area contributed by atoms with E-state index in [2.05, 4.69) is 16.0 Å². The van der Waals surface area contributed by atoms with E-state index in [9.17, 15) is 9.59 Å². The topological polar surface area (TPSA) is 70.2 Å². The van der Waals surface area contributed by atoms with Crippen LogP contribution in [0.15, 0.2) is 48.2 Å². The van der Waals surface area contributed by atoms with Crippen molar-refractivity contribution in [3.05, 3.63) is 64.9 Å². The Labute approximate surface area is 143 Å². The van der Waals surface area contributed by atoms with Crippen LogP contribution < -0.4 is 16.0 Å². The van der Waals surface area contributed by atoms with Gasteiger partial charge in [-0.3, -0.25) is 14.9 Å². The summed E-state index contributed by atoms with van der Waals surface area (Å²) < 4.78 is 0. The standard InChI is InChI=1S/C18H13N3O2S/c22-16-14-5-4-12(8-13(14)9-19-16)11-3-1-2-10(6-11)7-15-17(23)21-18(24)20-15/h1-8H,9H2,(H,19,22)(H2,20,21,23,24)/b15-7-. The number of amides is 2. The molecule has 2 heterocycles. The highest BCUT2D eigenvalue weighted by Crippen LogP contribution is 2.26. The smallest absolute Gasteiger partial charge is 0.273 e. The quantitative estimate of drug-likeness (QED) is 0.579. The van der Waals surface area contributed by atoms with Crippen molar-refractivity contribution in [3.8, 4) is 11.1 Å². The summed E-state index contributed by atoms with van der Waals surface area (Å²) >= 11 is 4.93. The van der Waals surface area contributed by atoms with E-state index in [0.29, 0.717) is 17.4 Å². The molecule has 0 radical (unpaired) electrons. The van der Waals surface area contributed by atoms with Gasteiger partial charge in [-0.1, -0.05) is 24.3 Å². The normalized spacial score (nSPS) is 17.5. The Morgan fingerprint density at radius 1 is 0.958 bits per heavy atom. The lowest BCUT2D eigenvalue weighted by Crippen LogP contribution is -2.21. The molecule has 5 nitrogen and oxygen atoms in total. The van der Waals surface area contributed by atoms with E-state index >= 15 is 0 Å². The fraction of sp³-hybridized carbons (Fsp3) is 0.0556. The van der Waals surface area contributed by atoms with Crippen LogP contribution in [0.5, 0.6) is 0 Å². The van der Waals surface area contributed by atoms with E-state index in [0.717, 1.165) is 27.8 Å². The maximum absolute atomic E-state index is 11.7. The van der Waals surface area contributed by atoms with Gasteiger partial charge in [-0.25, -0.2) is 0 Å². The first-order valence-corrected chi connectivity index (χ1v) is 7.86. The number of rotatable bonds is 2. The molecule has 0 bridgehead atoms. The van der Waals surface area contributed by atoms with Crippen LogP contribution >= 0.6 is 12.2 Å². The molecular weight excluding hydrogens is 322 g/mol. The molecule has 6 heteroatoms. The molecule has 3 N–H and O–H groups in total. The zero-order valence-corrected chi connectivity index (χ0v) is 13.4. The number of hydrogen-bond acceptors (Lipinski definition) is 3. The minimum atomic E-state index is -0.229. The second-order valence-corrected chi connectivity index (χ2v) is 6.05. The molecule has 0 unspecified atom stereocenters. The highest BCUT2D eigenvalue weighted by atomic mass is 32.1. The summed E-state index contributed by atoms with van der Waals surface area (Å²) in [6.07, 6.45) is 1.76. The third-order valence-electron chi connectivity index (χ3n) is 4.04. The lowest BCUT2D eigenvalue weighted by atomic mass is 9.99. The first-order chi connectivity index (χ1) is 11.6. The number of nitrogens with one attached hydrogen (secondary N) is 3. The van der Waals surface area contributed by atoms with Gasteiger partial charge in [-0.2, -0.15) is 0 Å². The maximum Gasteiger partial charge on any atom is 0.273 e. The molecule has 0 atom stereocenters. The van der Waals surface area contributed by atoms with E-state index in [1.165, 1.54) is 0 Å². The van der Waals surface area contributed by atoms with Gasteiger partial charge in [0, 0.05) is 12.1 Å². The van der Waals surface area contributed by atoms with E-state index < -0.39 is 0 Å². The van der Waals surface area contributed by atoms with Crippen molar-refractivity contribution in [1.82, 2.24) is 16.0 Å². The van der Waals surface area contributed by atoms with Crippen molar-refractivity contribution in [1.29, 1.82) is 0 Å². The van der Waals surface area contributed by atoms with E-state index in [4.69, 9.17) is 12.2 Å². The highest BCUT2D eigenvalue weighted by Gasteiger charge is 2.20. The molecule has 2 aliphatic rings.